The predicted octanol–water partition coefficient (Wildman–Crippen LogP) is 7.31. The van der Waals surface area contributed by atoms with Gasteiger partial charge in [-0.15, -0.1) is 0 Å². The summed E-state index contributed by atoms with van der Waals surface area (Å²) in [5.74, 6) is 4.34. The third kappa shape index (κ3) is 3.34. The van der Waals surface area contributed by atoms with Crippen molar-refractivity contribution in [3.8, 4) is 0 Å². The minimum atomic E-state index is -0.178. The Kier molecular flexibility index (Phi) is 5.62. The van der Waals surface area contributed by atoms with Crippen LogP contribution in [0.4, 0.5) is 0 Å². The monoisotopic (exact) mass is 384 g/mol. The van der Waals surface area contributed by atoms with Crippen LogP contribution in [0.2, 0.25) is 0 Å². The summed E-state index contributed by atoms with van der Waals surface area (Å²) in [4.78, 5) is 0. The average molecular weight is 385 g/mol. The molecule has 7 atom stereocenters. The molecule has 0 saturated heterocycles. The molecule has 0 unspecified atom stereocenters. The van der Waals surface area contributed by atoms with Gasteiger partial charge in [0.25, 0.3) is 0 Å². The van der Waals surface area contributed by atoms with Gasteiger partial charge < -0.3 is 5.11 Å². The van der Waals surface area contributed by atoms with Gasteiger partial charge >= 0.3 is 0 Å². The van der Waals surface area contributed by atoms with Crippen molar-refractivity contribution in [2.24, 2.45) is 40.4 Å². The molecule has 0 radical (unpaired) electrons. The molecule has 4 aliphatic rings. The molecule has 3 saturated carbocycles. The fourth-order valence-corrected chi connectivity index (χ4v) is 8.24. The summed E-state index contributed by atoms with van der Waals surface area (Å²) < 4.78 is 0. The third-order valence-corrected chi connectivity index (χ3v) is 9.85. The molecule has 0 aromatic heterocycles. The standard InChI is InChI=1S/C27H44O/c1-18(2)7-6-8-19(3)23-11-12-24-22-10-9-20-17-21(28)13-15-26(20,4)25(22)14-16-27(23,24)5/h8,17-18,21-25,28H,6-7,9-16H2,1-5H3/b19-8+/t21-,22-,23+,24-,25-,26-,27+/m0/s1. The molecule has 158 valence electrons. The zero-order valence-corrected chi connectivity index (χ0v) is 19.1. The van der Waals surface area contributed by atoms with Crippen molar-refractivity contribution < 1.29 is 5.11 Å². The van der Waals surface area contributed by atoms with Gasteiger partial charge in [-0.2, -0.15) is 0 Å². The van der Waals surface area contributed by atoms with E-state index in [1.807, 2.05) is 0 Å². The maximum Gasteiger partial charge on any atom is 0.0724 e. The van der Waals surface area contributed by atoms with Crippen LogP contribution in [-0.2, 0) is 0 Å². The van der Waals surface area contributed by atoms with Crippen LogP contribution in [0, 0.1) is 40.4 Å². The van der Waals surface area contributed by atoms with E-state index in [2.05, 4.69) is 46.8 Å². The molecule has 0 amide bonds. The Labute approximate surface area is 174 Å². The van der Waals surface area contributed by atoms with Gasteiger partial charge in [0.05, 0.1) is 6.10 Å². The van der Waals surface area contributed by atoms with E-state index in [0.717, 1.165) is 36.0 Å². The minimum Gasteiger partial charge on any atom is -0.389 e. The minimum absolute atomic E-state index is 0.178. The van der Waals surface area contributed by atoms with Crippen molar-refractivity contribution in [1.82, 2.24) is 0 Å². The quantitative estimate of drug-likeness (QED) is 0.504. The van der Waals surface area contributed by atoms with Gasteiger partial charge in [0.1, 0.15) is 0 Å². The lowest BCUT2D eigenvalue weighted by molar-refractivity contribution is -0.0508. The second kappa shape index (κ2) is 7.60. The van der Waals surface area contributed by atoms with Gasteiger partial charge in [-0.3, -0.25) is 0 Å². The number of aliphatic hydroxyl groups excluding tert-OH is 1. The third-order valence-electron chi connectivity index (χ3n) is 9.85. The van der Waals surface area contributed by atoms with E-state index >= 15 is 0 Å². The van der Waals surface area contributed by atoms with Crippen molar-refractivity contribution >= 4 is 0 Å². The van der Waals surface area contributed by atoms with Crippen molar-refractivity contribution in [2.45, 2.75) is 105 Å². The van der Waals surface area contributed by atoms with E-state index in [4.69, 9.17) is 0 Å². The lowest BCUT2D eigenvalue weighted by atomic mass is 9.46. The van der Waals surface area contributed by atoms with Crippen LogP contribution in [0.3, 0.4) is 0 Å². The van der Waals surface area contributed by atoms with E-state index in [-0.39, 0.29) is 6.10 Å². The van der Waals surface area contributed by atoms with Gasteiger partial charge in [0, 0.05) is 0 Å². The van der Waals surface area contributed by atoms with Gasteiger partial charge in [0.2, 0.25) is 0 Å². The van der Waals surface area contributed by atoms with Crippen LogP contribution in [0.15, 0.2) is 23.3 Å². The first-order valence-electron chi connectivity index (χ1n) is 12.3. The van der Waals surface area contributed by atoms with Crippen LogP contribution in [0.25, 0.3) is 0 Å². The summed E-state index contributed by atoms with van der Waals surface area (Å²) in [5.41, 5.74) is 4.22. The molecule has 0 bridgehead atoms. The lowest BCUT2D eigenvalue weighted by Gasteiger charge is -2.58. The second-order valence-corrected chi connectivity index (χ2v) is 11.7. The molecule has 0 spiro atoms. The zero-order valence-electron chi connectivity index (χ0n) is 19.1. The molecule has 1 nitrogen and oxygen atoms in total. The highest BCUT2D eigenvalue weighted by Crippen LogP contribution is 2.67. The average Bonchev–Trinajstić information content (AvgIpc) is 2.99. The molecular formula is C27H44O. The lowest BCUT2D eigenvalue weighted by Crippen LogP contribution is -2.50. The molecule has 1 N–H and O–H groups in total. The summed E-state index contributed by atoms with van der Waals surface area (Å²) in [6, 6.07) is 0. The van der Waals surface area contributed by atoms with Gasteiger partial charge in [-0.05, 0) is 112 Å². The molecule has 0 aromatic carbocycles. The van der Waals surface area contributed by atoms with Crippen LogP contribution in [0.1, 0.15) is 98.8 Å². The highest BCUT2D eigenvalue weighted by molar-refractivity contribution is 5.26. The SMILES string of the molecule is C/C(=C\CCC(C)C)[C@H]1CC[C@H]2[C@@H]3CCC4=C[C@@H](O)CC[C@]4(C)[C@H]3CC[C@]12C. The van der Waals surface area contributed by atoms with Crippen LogP contribution in [-0.4, -0.2) is 11.2 Å². The number of fused-ring (bicyclic) bond motifs is 5. The first kappa shape index (κ1) is 20.7. The van der Waals surface area contributed by atoms with Crippen LogP contribution < -0.4 is 0 Å². The highest BCUT2D eigenvalue weighted by Gasteiger charge is 2.58. The van der Waals surface area contributed by atoms with E-state index in [1.54, 1.807) is 11.1 Å². The molecule has 3 fully saturated rings. The number of hydrogen-bond acceptors (Lipinski definition) is 1. The summed E-state index contributed by atoms with van der Waals surface area (Å²) in [5, 5.41) is 10.2. The normalized spacial score (nSPS) is 46.0. The molecule has 0 heterocycles. The smallest absolute Gasteiger partial charge is 0.0724 e. The maximum absolute atomic E-state index is 10.2. The Hall–Kier alpha value is -0.560. The molecule has 0 aliphatic heterocycles. The second-order valence-electron chi connectivity index (χ2n) is 11.7. The first-order valence-corrected chi connectivity index (χ1v) is 12.3. The van der Waals surface area contributed by atoms with Crippen molar-refractivity contribution in [3.63, 3.8) is 0 Å². The first-order chi connectivity index (χ1) is 13.3. The molecular weight excluding hydrogens is 340 g/mol. The van der Waals surface area contributed by atoms with Crippen LogP contribution >= 0.6 is 0 Å². The number of aliphatic hydroxyl groups is 1. The Morgan fingerprint density at radius 2 is 1.89 bits per heavy atom. The van der Waals surface area contributed by atoms with Crippen molar-refractivity contribution in [3.05, 3.63) is 23.3 Å². The van der Waals surface area contributed by atoms with Crippen molar-refractivity contribution in [2.75, 3.05) is 0 Å². The van der Waals surface area contributed by atoms with Gasteiger partial charge in [0.15, 0.2) is 0 Å². The predicted molar refractivity (Wildman–Crippen MR) is 119 cm³/mol. The van der Waals surface area contributed by atoms with Gasteiger partial charge in [-0.1, -0.05) is 51.0 Å². The van der Waals surface area contributed by atoms with E-state index in [0.29, 0.717) is 10.8 Å². The zero-order chi connectivity index (χ0) is 20.1. The Bertz CT molecular complexity index is 643. The Balaban J connectivity index is 1.53. The van der Waals surface area contributed by atoms with Crippen LogP contribution in [0.5, 0.6) is 0 Å². The summed E-state index contributed by atoms with van der Waals surface area (Å²) in [6.45, 7) is 12.3. The number of allylic oxidation sites excluding steroid dienone is 3. The van der Waals surface area contributed by atoms with E-state index in [1.165, 1.54) is 57.8 Å². The molecule has 28 heavy (non-hydrogen) atoms. The summed E-state index contributed by atoms with van der Waals surface area (Å²) >= 11 is 0. The summed E-state index contributed by atoms with van der Waals surface area (Å²) in [7, 11) is 0. The van der Waals surface area contributed by atoms with Gasteiger partial charge in [-0.25, -0.2) is 0 Å². The Morgan fingerprint density at radius 1 is 1.11 bits per heavy atom. The number of hydrogen-bond donors (Lipinski definition) is 1. The summed E-state index contributed by atoms with van der Waals surface area (Å²) in [6.07, 6.45) is 17.8. The Morgan fingerprint density at radius 3 is 2.64 bits per heavy atom. The van der Waals surface area contributed by atoms with Crippen molar-refractivity contribution in [1.29, 1.82) is 0 Å². The maximum atomic E-state index is 10.2. The molecule has 1 heteroatoms. The molecule has 0 aromatic rings. The van der Waals surface area contributed by atoms with E-state index < -0.39 is 0 Å². The number of rotatable bonds is 4. The van der Waals surface area contributed by atoms with E-state index in [9.17, 15) is 5.11 Å². The topological polar surface area (TPSA) is 20.2 Å². The fourth-order valence-electron chi connectivity index (χ4n) is 8.24. The fraction of sp³-hybridized carbons (Fsp3) is 0.852. The largest absolute Gasteiger partial charge is 0.389 e. The highest BCUT2D eigenvalue weighted by atomic mass is 16.3. The molecule has 4 rings (SSSR count). The molecule has 4 aliphatic carbocycles.